The Bertz CT molecular complexity index is 1200. The first kappa shape index (κ1) is 23.9. The third-order valence-corrected chi connectivity index (χ3v) is 5.25. The van der Waals surface area contributed by atoms with Crippen LogP contribution in [0.4, 0.5) is 5.82 Å². The Morgan fingerprint density at radius 3 is 2.58 bits per heavy atom. The average Bonchev–Trinajstić information content (AvgIpc) is 2.78. The van der Waals surface area contributed by atoms with Gasteiger partial charge in [0, 0.05) is 41.2 Å². The molecule has 0 atom stereocenters. The van der Waals surface area contributed by atoms with Crippen molar-refractivity contribution in [3.63, 3.8) is 0 Å². The van der Waals surface area contributed by atoms with E-state index in [0.29, 0.717) is 28.2 Å². The number of carbonyl (C=O) groups excluding carboxylic acids is 1. The molecule has 0 fully saturated rings. The molecule has 7 nitrogen and oxygen atoms in total. The number of pyridine rings is 2. The summed E-state index contributed by atoms with van der Waals surface area (Å²) in [6, 6.07) is 13.3. The fourth-order valence-electron chi connectivity index (χ4n) is 3.76. The van der Waals surface area contributed by atoms with E-state index < -0.39 is 0 Å². The predicted molar refractivity (Wildman–Crippen MR) is 133 cm³/mol. The SMILES string of the molecule is CCCc1cc(C)[nH]c(=O)c1CNC(=O)c1cc(-c2ccccc2)nc(NC(C)C)c1C=N. The topological polar surface area (TPSA) is 111 Å². The van der Waals surface area contributed by atoms with Gasteiger partial charge >= 0.3 is 0 Å². The molecule has 0 aliphatic carbocycles. The zero-order valence-corrected chi connectivity index (χ0v) is 19.6. The highest BCUT2D eigenvalue weighted by Crippen LogP contribution is 2.25. The zero-order valence-electron chi connectivity index (χ0n) is 19.6. The van der Waals surface area contributed by atoms with E-state index in [1.165, 1.54) is 0 Å². The molecular weight excluding hydrogens is 414 g/mol. The fraction of sp³-hybridized carbons (Fsp3) is 0.308. The van der Waals surface area contributed by atoms with E-state index in [4.69, 9.17) is 5.41 Å². The third kappa shape index (κ3) is 5.74. The number of nitrogens with zero attached hydrogens (tertiary/aromatic N) is 1. The summed E-state index contributed by atoms with van der Waals surface area (Å²) in [5.74, 6) is 0.119. The average molecular weight is 446 g/mol. The molecular formula is C26H31N5O2. The van der Waals surface area contributed by atoms with Crippen LogP contribution in [0.25, 0.3) is 11.3 Å². The van der Waals surface area contributed by atoms with Crippen LogP contribution in [0.5, 0.6) is 0 Å². The Kier molecular flexibility index (Phi) is 7.77. The van der Waals surface area contributed by atoms with Crippen molar-refractivity contribution in [2.75, 3.05) is 5.32 Å². The molecule has 0 aliphatic heterocycles. The van der Waals surface area contributed by atoms with Crippen molar-refractivity contribution < 1.29 is 4.79 Å². The zero-order chi connectivity index (χ0) is 24.0. The van der Waals surface area contributed by atoms with Gasteiger partial charge in [-0.1, -0.05) is 43.7 Å². The minimum Gasteiger partial charge on any atom is -0.367 e. The summed E-state index contributed by atoms with van der Waals surface area (Å²) in [5.41, 5.74) is 4.36. The van der Waals surface area contributed by atoms with Crippen LogP contribution < -0.4 is 16.2 Å². The van der Waals surface area contributed by atoms with Gasteiger partial charge in [0.05, 0.1) is 11.3 Å². The Hall–Kier alpha value is -3.74. The molecule has 0 unspecified atom stereocenters. The Morgan fingerprint density at radius 2 is 1.94 bits per heavy atom. The van der Waals surface area contributed by atoms with Crippen molar-refractivity contribution in [3.8, 4) is 11.3 Å². The molecule has 0 radical (unpaired) electrons. The van der Waals surface area contributed by atoms with Crippen LogP contribution in [0.15, 0.2) is 47.3 Å². The maximum absolute atomic E-state index is 13.3. The van der Waals surface area contributed by atoms with Crippen LogP contribution in [-0.2, 0) is 13.0 Å². The largest absolute Gasteiger partial charge is 0.367 e. The highest BCUT2D eigenvalue weighted by Gasteiger charge is 2.19. The lowest BCUT2D eigenvalue weighted by molar-refractivity contribution is 0.0950. The summed E-state index contributed by atoms with van der Waals surface area (Å²) in [6.45, 7) is 7.97. The Labute approximate surface area is 194 Å². The molecule has 172 valence electrons. The van der Waals surface area contributed by atoms with Crippen LogP contribution >= 0.6 is 0 Å². The molecule has 33 heavy (non-hydrogen) atoms. The number of amides is 1. The van der Waals surface area contributed by atoms with Crippen molar-refractivity contribution in [1.82, 2.24) is 15.3 Å². The number of rotatable bonds is 9. The number of hydrogen-bond donors (Lipinski definition) is 4. The van der Waals surface area contributed by atoms with Crippen LogP contribution in [0, 0.1) is 12.3 Å². The van der Waals surface area contributed by atoms with Crippen LogP contribution in [0.1, 0.15) is 59.9 Å². The van der Waals surface area contributed by atoms with E-state index in [1.54, 1.807) is 6.07 Å². The van der Waals surface area contributed by atoms with Crippen LogP contribution in [-0.4, -0.2) is 28.1 Å². The number of aryl methyl sites for hydroxylation is 2. The molecule has 0 spiro atoms. The number of aromatic amines is 1. The summed E-state index contributed by atoms with van der Waals surface area (Å²) >= 11 is 0. The molecule has 0 bridgehead atoms. The quantitative estimate of drug-likeness (QED) is 0.365. The maximum Gasteiger partial charge on any atom is 0.253 e. The number of nitrogens with one attached hydrogen (secondary N) is 4. The first-order valence-electron chi connectivity index (χ1n) is 11.2. The normalized spacial score (nSPS) is 10.8. The van der Waals surface area contributed by atoms with Gasteiger partial charge in [-0.25, -0.2) is 4.98 Å². The van der Waals surface area contributed by atoms with E-state index in [9.17, 15) is 9.59 Å². The van der Waals surface area contributed by atoms with E-state index >= 15 is 0 Å². The molecule has 3 aromatic rings. The first-order chi connectivity index (χ1) is 15.8. The predicted octanol–water partition coefficient (Wildman–Crippen LogP) is 4.45. The van der Waals surface area contributed by atoms with Gasteiger partial charge < -0.3 is 21.0 Å². The molecule has 2 heterocycles. The Balaban J connectivity index is 2.00. The van der Waals surface area contributed by atoms with Crippen molar-refractivity contribution in [3.05, 3.63) is 80.8 Å². The number of carbonyl (C=O) groups is 1. The van der Waals surface area contributed by atoms with Crippen LogP contribution in [0.2, 0.25) is 0 Å². The standard InChI is InChI=1S/C26H31N5O2/c1-5-9-19-12-17(4)30-26(33)22(19)15-28-25(32)20-13-23(18-10-7-6-8-11-18)31-24(21(20)14-27)29-16(2)3/h6-8,10-14,16,27H,5,9,15H2,1-4H3,(H,28,32)(H,29,31)(H,30,33). The molecule has 2 aromatic heterocycles. The molecule has 1 aromatic carbocycles. The molecule has 0 saturated heterocycles. The maximum atomic E-state index is 13.3. The molecule has 4 N–H and O–H groups in total. The summed E-state index contributed by atoms with van der Waals surface area (Å²) in [5, 5.41) is 14.1. The van der Waals surface area contributed by atoms with Gasteiger partial charge in [-0.15, -0.1) is 0 Å². The minimum atomic E-state index is -0.359. The lowest BCUT2D eigenvalue weighted by Gasteiger charge is -2.17. The van der Waals surface area contributed by atoms with Gasteiger partial charge in [0.15, 0.2) is 0 Å². The molecule has 0 saturated carbocycles. The summed E-state index contributed by atoms with van der Waals surface area (Å²) in [7, 11) is 0. The van der Waals surface area contributed by atoms with Crippen molar-refractivity contribution >= 4 is 17.9 Å². The summed E-state index contributed by atoms with van der Waals surface area (Å²) in [6.07, 6.45) is 2.80. The first-order valence-corrected chi connectivity index (χ1v) is 11.2. The highest BCUT2D eigenvalue weighted by atomic mass is 16.1. The summed E-state index contributed by atoms with van der Waals surface area (Å²) < 4.78 is 0. The lowest BCUT2D eigenvalue weighted by Crippen LogP contribution is -2.29. The monoisotopic (exact) mass is 445 g/mol. The lowest BCUT2D eigenvalue weighted by atomic mass is 10.0. The van der Waals surface area contributed by atoms with Gasteiger partial charge in [-0.05, 0) is 44.9 Å². The van der Waals surface area contributed by atoms with Crippen molar-refractivity contribution in [1.29, 1.82) is 5.41 Å². The summed E-state index contributed by atoms with van der Waals surface area (Å²) in [4.78, 5) is 33.3. The fourth-order valence-corrected chi connectivity index (χ4v) is 3.76. The molecule has 1 amide bonds. The van der Waals surface area contributed by atoms with E-state index in [2.05, 4.69) is 27.5 Å². The molecule has 0 aliphatic rings. The van der Waals surface area contributed by atoms with Gasteiger partial charge in [-0.3, -0.25) is 9.59 Å². The van der Waals surface area contributed by atoms with Gasteiger partial charge in [-0.2, -0.15) is 0 Å². The van der Waals surface area contributed by atoms with Gasteiger partial charge in [0.1, 0.15) is 5.82 Å². The third-order valence-electron chi connectivity index (χ3n) is 5.25. The number of benzene rings is 1. The number of aromatic nitrogens is 2. The molecule has 3 rings (SSSR count). The Morgan fingerprint density at radius 1 is 1.21 bits per heavy atom. The van der Waals surface area contributed by atoms with Crippen molar-refractivity contribution in [2.45, 2.75) is 53.1 Å². The van der Waals surface area contributed by atoms with Gasteiger partial charge in [0.25, 0.3) is 11.5 Å². The van der Waals surface area contributed by atoms with E-state index in [1.807, 2.05) is 57.2 Å². The van der Waals surface area contributed by atoms with Crippen molar-refractivity contribution in [2.24, 2.45) is 0 Å². The second-order valence-corrected chi connectivity index (χ2v) is 8.34. The van der Waals surface area contributed by atoms with Crippen LogP contribution in [0.3, 0.4) is 0 Å². The minimum absolute atomic E-state index is 0.0702. The van der Waals surface area contributed by atoms with E-state index in [0.717, 1.165) is 35.9 Å². The molecule has 7 heteroatoms. The number of H-pyrrole nitrogens is 1. The van der Waals surface area contributed by atoms with Gasteiger partial charge in [0.2, 0.25) is 0 Å². The number of anilines is 1. The highest BCUT2D eigenvalue weighted by molar-refractivity contribution is 6.05. The second-order valence-electron chi connectivity index (χ2n) is 8.34. The number of hydrogen-bond acceptors (Lipinski definition) is 5. The second kappa shape index (κ2) is 10.7. The van der Waals surface area contributed by atoms with E-state index in [-0.39, 0.29) is 24.1 Å². The smallest absolute Gasteiger partial charge is 0.253 e.